The van der Waals surface area contributed by atoms with Crippen LogP contribution >= 0.6 is 23.8 Å². The average molecular weight is 444 g/mol. The highest BCUT2D eigenvalue weighted by molar-refractivity contribution is 7.80. The number of ether oxygens (including phenoxy) is 2. The molecular formula is C20H18ClN5O3S. The van der Waals surface area contributed by atoms with Gasteiger partial charge in [-0.05, 0) is 36.5 Å². The molecule has 0 saturated carbocycles. The van der Waals surface area contributed by atoms with Crippen LogP contribution in [0.2, 0.25) is 5.02 Å². The molecule has 3 N–H and O–H groups in total. The number of hydrogen-bond donors (Lipinski definition) is 3. The number of nitrogens with zero attached hydrogens (tertiary/aromatic N) is 2. The second kappa shape index (κ2) is 9.86. The largest absolute Gasteiger partial charge is 0.497 e. The first-order valence-corrected chi connectivity index (χ1v) is 9.46. The Morgan fingerprint density at radius 1 is 1.03 bits per heavy atom. The Bertz CT molecular complexity index is 1050. The van der Waals surface area contributed by atoms with Gasteiger partial charge in [0, 0.05) is 18.3 Å². The standard InChI is InChI=1S/C20H18ClN5O3S/c1-28-13-9-15(18(21)16(10-13)29-2)25-20(30)24-12-6-7-17(23-11-12)26-19(27)14-5-3-4-8-22-14/h3-11H,1-2H3,(H,23,26,27)(H2,24,25,30). The number of carbonyl (C=O) groups is 1. The van der Waals surface area contributed by atoms with E-state index in [0.717, 1.165) is 0 Å². The molecule has 0 bridgehead atoms. The predicted molar refractivity (Wildman–Crippen MR) is 121 cm³/mol. The van der Waals surface area contributed by atoms with Crippen molar-refractivity contribution >= 4 is 52.0 Å². The summed E-state index contributed by atoms with van der Waals surface area (Å²) >= 11 is 11.7. The molecule has 0 spiro atoms. The van der Waals surface area contributed by atoms with Crippen molar-refractivity contribution in [2.75, 3.05) is 30.2 Å². The minimum absolute atomic E-state index is 0.291. The van der Waals surface area contributed by atoms with Gasteiger partial charge < -0.3 is 25.4 Å². The van der Waals surface area contributed by atoms with Crippen LogP contribution in [0.3, 0.4) is 0 Å². The Hall–Kier alpha value is -3.43. The Morgan fingerprint density at radius 3 is 2.50 bits per heavy atom. The van der Waals surface area contributed by atoms with Gasteiger partial charge >= 0.3 is 0 Å². The number of thiocarbonyl (C=S) groups is 1. The lowest BCUT2D eigenvalue weighted by atomic mass is 10.2. The maximum atomic E-state index is 12.1. The van der Waals surface area contributed by atoms with Crippen LogP contribution in [0.25, 0.3) is 0 Å². The van der Waals surface area contributed by atoms with Gasteiger partial charge in [0.15, 0.2) is 5.11 Å². The number of pyridine rings is 2. The summed E-state index contributed by atoms with van der Waals surface area (Å²) in [5, 5.41) is 9.33. The number of hydrogen-bond acceptors (Lipinski definition) is 6. The topological polar surface area (TPSA) is 97.4 Å². The van der Waals surface area contributed by atoms with Gasteiger partial charge in [-0.3, -0.25) is 9.78 Å². The van der Waals surface area contributed by atoms with Crippen LogP contribution < -0.4 is 25.4 Å². The molecule has 0 atom stereocenters. The summed E-state index contributed by atoms with van der Waals surface area (Å²) in [7, 11) is 3.06. The van der Waals surface area contributed by atoms with E-state index in [0.29, 0.717) is 44.5 Å². The van der Waals surface area contributed by atoms with Gasteiger partial charge in [-0.15, -0.1) is 0 Å². The first kappa shape index (κ1) is 21.3. The normalized spacial score (nSPS) is 10.1. The zero-order valence-corrected chi connectivity index (χ0v) is 17.7. The summed E-state index contributed by atoms with van der Waals surface area (Å²) in [6.45, 7) is 0. The van der Waals surface area contributed by atoms with Gasteiger partial charge in [-0.2, -0.15) is 0 Å². The molecular weight excluding hydrogens is 426 g/mol. The van der Waals surface area contributed by atoms with E-state index >= 15 is 0 Å². The molecule has 0 unspecified atom stereocenters. The Kier molecular flexibility index (Phi) is 6.99. The molecule has 1 amide bonds. The van der Waals surface area contributed by atoms with Crippen molar-refractivity contribution in [1.29, 1.82) is 0 Å². The van der Waals surface area contributed by atoms with Crippen LogP contribution in [0.1, 0.15) is 10.5 Å². The van der Waals surface area contributed by atoms with E-state index in [1.807, 2.05) is 0 Å². The molecule has 30 heavy (non-hydrogen) atoms. The van der Waals surface area contributed by atoms with Crippen LogP contribution in [0, 0.1) is 0 Å². The number of rotatable bonds is 6. The first-order valence-electron chi connectivity index (χ1n) is 8.68. The average Bonchev–Trinajstić information content (AvgIpc) is 2.77. The predicted octanol–water partition coefficient (Wildman–Crippen LogP) is 4.21. The second-order valence-electron chi connectivity index (χ2n) is 5.87. The fourth-order valence-corrected chi connectivity index (χ4v) is 2.90. The van der Waals surface area contributed by atoms with Crippen molar-refractivity contribution in [1.82, 2.24) is 9.97 Å². The highest BCUT2D eigenvalue weighted by Gasteiger charge is 2.12. The minimum Gasteiger partial charge on any atom is -0.497 e. The molecule has 0 aliphatic heterocycles. The van der Waals surface area contributed by atoms with Gasteiger partial charge in [-0.25, -0.2) is 4.98 Å². The van der Waals surface area contributed by atoms with Crippen LogP contribution in [-0.4, -0.2) is 35.2 Å². The van der Waals surface area contributed by atoms with E-state index < -0.39 is 0 Å². The number of nitrogens with one attached hydrogen (secondary N) is 3. The number of aromatic nitrogens is 2. The lowest BCUT2D eigenvalue weighted by Crippen LogP contribution is -2.20. The third kappa shape index (κ3) is 5.34. The number of methoxy groups -OCH3 is 2. The number of amides is 1. The summed E-state index contributed by atoms with van der Waals surface area (Å²) in [5.41, 5.74) is 1.45. The first-order chi connectivity index (χ1) is 14.5. The van der Waals surface area contributed by atoms with Crippen molar-refractivity contribution in [3.8, 4) is 11.5 Å². The summed E-state index contributed by atoms with van der Waals surface area (Å²) in [4.78, 5) is 20.3. The molecule has 154 valence electrons. The smallest absolute Gasteiger partial charge is 0.275 e. The summed E-state index contributed by atoms with van der Waals surface area (Å²) in [6, 6.07) is 11.8. The summed E-state index contributed by atoms with van der Waals surface area (Å²) in [5.74, 6) is 1.06. The van der Waals surface area contributed by atoms with E-state index in [2.05, 4.69) is 25.9 Å². The molecule has 0 aliphatic rings. The third-order valence-corrected chi connectivity index (χ3v) is 4.47. The molecule has 0 fully saturated rings. The fourth-order valence-electron chi connectivity index (χ4n) is 2.43. The minimum atomic E-state index is -0.345. The van der Waals surface area contributed by atoms with Crippen LogP contribution in [-0.2, 0) is 0 Å². The second-order valence-corrected chi connectivity index (χ2v) is 6.66. The van der Waals surface area contributed by atoms with E-state index in [1.165, 1.54) is 13.3 Å². The quantitative estimate of drug-likeness (QED) is 0.487. The molecule has 8 nitrogen and oxygen atoms in total. The van der Waals surface area contributed by atoms with Gasteiger partial charge in [-0.1, -0.05) is 17.7 Å². The highest BCUT2D eigenvalue weighted by Crippen LogP contribution is 2.36. The summed E-state index contributed by atoms with van der Waals surface area (Å²) < 4.78 is 10.5. The van der Waals surface area contributed by atoms with Crippen LogP contribution in [0.4, 0.5) is 17.2 Å². The number of benzene rings is 1. The monoisotopic (exact) mass is 443 g/mol. The molecule has 3 aromatic rings. The molecule has 0 radical (unpaired) electrons. The lowest BCUT2D eigenvalue weighted by Gasteiger charge is -2.15. The number of halogens is 1. The van der Waals surface area contributed by atoms with E-state index in [4.69, 9.17) is 33.3 Å². The van der Waals surface area contributed by atoms with Crippen LogP contribution in [0.15, 0.2) is 54.9 Å². The van der Waals surface area contributed by atoms with Gasteiger partial charge in [0.05, 0.1) is 31.8 Å². The fraction of sp³-hybridized carbons (Fsp3) is 0.100. The lowest BCUT2D eigenvalue weighted by molar-refractivity contribution is 0.102. The van der Waals surface area contributed by atoms with Crippen LogP contribution in [0.5, 0.6) is 11.5 Å². The van der Waals surface area contributed by atoms with E-state index in [-0.39, 0.29) is 5.91 Å². The van der Waals surface area contributed by atoms with E-state index in [1.54, 1.807) is 55.8 Å². The number of anilines is 3. The van der Waals surface area contributed by atoms with Gasteiger partial charge in [0.1, 0.15) is 28.0 Å². The maximum Gasteiger partial charge on any atom is 0.275 e. The SMILES string of the molecule is COc1cc(NC(=S)Nc2ccc(NC(=O)c3ccccn3)nc2)c(Cl)c(OC)c1. The maximum absolute atomic E-state index is 12.1. The van der Waals surface area contributed by atoms with Gasteiger partial charge in [0.25, 0.3) is 5.91 Å². The molecule has 0 aliphatic carbocycles. The molecule has 10 heteroatoms. The Morgan fingerprint density at radius 2 is 1.87 bits per heavy atom. The van der Waals surface area contributed by atoms with Crippen molar-refractivity contribution in [3.63, 3.8) is 0 Å². The van der Waals surface area contributed by atoms with Crippen molar-refractivity contribution in [2.45, 2.75) is 0 Å². The van der Waals surface area contributed by atoms with Crippen molar-refractivity contribution < 1.29 is 14.3 Å². The molecule has 2 aromatic heterocycles. The molecule has 0 saturated heterocycles. The Labute approximate surface area is 183 Å². The third-order valence-electron chi connectivity index (χ3n) is 3.88. The molecule has 3 rings (SSSR count). The zero-order valence-electron chi connectivity index (χ0n) is 16.1. The van der Waals surface area contributed by atoms with E-state index in [9.17, 15) is 4.79 Å². The summed E-state index contributed by atoms with van der Waals surface area (Å²) in [6.07, 6.45) is 3.09. The number of carbonyl (C=O) groups excluding carboxylic acids is 1. The van der Waals surface area contributed by atoms with Crippen molar-refractivity contribution in [2.24, 2.45) is 0 Å². The highest BCUT2D eigenvalue weighted by atomic mass is 35.5. The van der Waals surface area contributed by atoms with Gasteiger partial charge in [0.2, 0.25) is 0 Å². The molecule has 1 aromatic carbocycles. The Balaban J connectivity index is 1.63. The van der Waals surface area contributed by atoms with Crippen molar-refractivity contribution in [3.05, 3.63) is 65.6 Å². The molecule has 2 heterocycles. The zero-order chi connectivity index (χ0) is 21.5.